The van der Waals surface area contributed by atoms with E-state index in [0.29, 0.717) is 29.7 Å². The number of nitrogens with zero attached hydrogens (tertiary/aromatic N) is 1. The molecular weight excluding hydrogens is 462 g/mol. The van der Waals surface area contributed by atoms with Crippen LogP contribution in [0.2, 0.25) is 0 Å². The maximum absolute atomic E-state index is 13.1. The van der Waals surface area contributed by atoms with E-state index in [1.165, 1.54) is 4.90 Å². The molecule has 2 aromatic rings. The van der Waals surface area contributed by atoms with E-state index in [4.69, 9.17) is 0 Å². The van der Waals surface area contributed by atoms with Gasteiger partial charge in [0.05, 0.1) is 27.8 Å². The second kappa shape index (κ2) is 10.1. The Morgan fingerprint density at radius 3 is 2.11 bits per heavy atom. The molecule has 186 valence electrons. The van der Waals surface area contributed by atoms with Crippen molar-refractivity contribution in [1.29, 1.82) is 0 Å². The molecule has 2 amide bonds. The summed E-state index contributed by atoms with van der Waals surface area (Å²) in [6.45, 7) is 5.46. The van der Waals surface area contributed by atoms with Crippen LogP contribution < -0.4 is 4.90 Å². The van der Waals surface area contributed by atoms with Crippen molar-refractivity contribution in [2.75, 3.05) is 10.7 Å². The first-order valence-electron chi connectivity index (χ1n) is 12.5. The van der Waals surface area contributed by atoms with Crippen LogP contribution in [0.1, 0.15) is 78.3 Å². The van der Waals surface area contributed by atoms with E-state index in [1.807, 2.05) is 19.1 Å². The summed E-state index contributed by atoms with van der Waals surface area (Å²) in [5, 5.41) is -0.372. The molecule has 0 atom stereocenters. The van der Waals surface area contributed by atoms with Gasteiger partial charge in [0.1, 0.15) is 5.78 Å². The second-order valence-electron chi connectivity index (χ2n) is 10.1. The van der Waals surface area contributed by atoms with E-state index in [-0.39, 0.29) is 46.9 Å². The molecule has 0 aromatic heterocycles. The largest absolute Gasteiger partial charge is 0.299 e. The third-order valence-electron chi connectivity index (χ3n) is 7.42. The first-order valence-corrected chi connectivity index (χ1v) is 14.2. The smallest absolute Gasteiger partial charge is 0.266 e. The average Bonchev–Trinajstić information content (AvgIpc) is 3.08. The first-order chi connectivity index (χ1) is 16.6. The van der Waals surface area contributed by atoms with E-state index >= 15 is 0 Å². The molecule has 1 saturated carbocycles. The van der Waals surface area contributed by atoms with Crippen LogP contribution in [-0.2, 0) is 27.5 Å². The monoisotopic (exact) mass is 495 g/mol. The van der Waals surface area contributed by atoms with Gasteiger partial charge in [-0.05, 0) is 87.3 Å². The molecule has 0 saturated heterocycles. The molecule has 0 radical (unpaired) electrons. The van der Waals surface area contributed by atoms with Gasteiger partial charge in [0.15, 0.2) is 9.84 Å². The number of Topliss-reactive ketones (excluding diaryl/α,β-unsaturated/α-hetero) is 1. The van der Waals surface area contributed by atoms with Crippen LogP contribution >= 0.6 is 0 Å². The van der Waals surface area contributed by atoms with Crippen molar-refractivity contribution in [1.82, 2.24) is 0 Å². The number of ketones is 1. The molecule has 0 spiro atoms. The molecule has 0 N–H and O–H groups in total. The number of hydrogen-bond acceptors (Lipinski definition) is 5. The van der Waals surface area contributed by atoms with Crippen LogP contribution in [-0.4, -0.2) is 37.0 Å². The lowest BCUT2D eigenvalue weighted by atomic mass is 9.79. The number of hydrogen-bond donors (Lipinski definition) is 0. The quantitative estimate of drug-likeness (QED) is 0.491. The summed E-state index contributed by atoms with van der Waals surface area (Å²) in [7, 11) is -3.08. The SMILES string of the molecule is CCc1ccc(N2C(=O)c3ccc(CC(=O)C4CCC(CS(=O)(=O)C(C)C)CC4)cc3C2=O)cc1. The first kappa shape index (κ1) is 25.3. The van der Waals surface area contributed by atoms with Crippen LogP contribution in [0.15, 0.2) is 42.5 Å². The van der Waals surface area contributed by atoms with Crippen molar-refractivity contribution in [3.05, 3.63) is 64.7 Å². The molecule has 2 aliphatic rings. The van der Waals surface area contributed by atoms with Crippen LogP contribution in [0.3, 0.4) is 0 Å². The van der Waals surface area contributed by atoms with Crippen molar-refractivity contribution in [3.63, 3.8) is 0 Å². The van der Waals surface area contributed by atoms with Crippen molar-refractivity contribution >= 4 is 33.1 Å². The Kier molecular flexibility index (Phi) is 7.27. The van der Waals surface area contributed by atoms with E-state index in [1.54, 1.807) is 44.2 Å². The molecule has 0 bridgehead atoms. The topological polar surface area (TPSA) is 88.6 Å². The minimum absolute atomic E-state index is 0.0906. The highest BCUT2D eigenvalue weighted by Crippen LogP contribution is 2.33. The van der Waals surface area contributed by atoms with Crippen molar-refractivity contribution in [2.24, 2.45) is 11.8 Å². The Morgan fingerprint density at radius 2 is 1.51 bits per heavy atom. The van der Waals surface area contributed by atoms with Gasteiger partial charge in [-0.3, -0.25) is 14.4 Å². The zero-order chi connectivity index (χ0) is 25.3. The molecule has 1 aliphatic carbocycles. The lowest BCUT2D eigenvalue weighted by molar-refractivity contribution is -0.123. The molecule has 1 heterocycles. The number of aryl methyl sites for hydroxylation is 1. The fourth-order valence-electron chi connectivity index (χ4n) is 5.03. The fourth-order valence-corrected chi connectivity index (χ4v) is 6.41. The Morgan fingerprint density at radius 1 is 0.914 bits per heavy atom. The van der Waals surface area contributed by atoms with Gasteiger partial charge >= 0.3 is 0 Å². The minimum Gasteiger partial charge on any atom is -0.299 e. The third-order valence-corrected chi connectivity index (χ3v) is 9.79. The molecular formula is C28H33NO5S. The number of imide groups is 1. The summed E-state index contributed by atoms with van der Waals surface area (Å²) in [5.41, 5.74) is 3.09. The van der Waals surface area contributed by atoms with Gasteiger partial charge in [-0.2, -0.15) is 0 Å². The summed E-state index contributed by atoms with van der Waals surface area (Å²) < 4.78 is 24.4. The van der Waals surface area contributed by atoms with Crippen LogP contribution in [0.4, 0.5) is 5.69 Å². The van der Waals surface area contributed by atoms with Gasteiger partial charge in [-0.1, -0.05) is 25.1 Å². The molecule has 1 aliphatic heterocycles. The Hall–Kier alpha value is -2.80. The maximum atomic E-state index is 13.1. The number of sulfone groups is 1. The standard InChI is InChI=1S/C28H33NO5S/c1-4-19-7-12-23(13-8-19)29-27(31)24-14-9-21(15-25(24)28(29)32)16-26(30)22-10-5-20(6-11-22)17-35(33,34)18(2)3/h7-9,12-15,18,20,22H,4-6,10-11,16-17H2,1-3H3. The molecule has 35 heavy (non-hydrogen) atoms. The number of benzene rings is 2. The zero-order valence-electron chi connectivity index (χ0n) is 20.6. The predicted molar refractivity (Wildman–Crippen MR) is 136 cm³/mol. The highest BCUT2D eigenvalue weighted by atomic mass is 32.2. The molecule has 1 fully saturated rings. The average molecular weight is 496 g/mol. The van der Waals surface area contributed by atoms with Gasteiger partial charge in [0.2, 0.25) is 0 Å². The molecule has 0 unspecified atom stereocenters. The van der Waals surface area contributed by atoms with Gasteiger partial charge in [0.25, 0.3) is 11.8 Å². The number of carbonyl (C=O) groups is 3. The van der Waals surface area contributed by atoms with Gasteiger partial charge in [0, 0.05) is 12.3 Å². The third kappa shape index (κ3) is 5.25. The van der Waals surface area contributed by atoms with Crippen molar-refractivity contribution < 1.29 is 22.8 Å². The summed E-state index contributed by atoms with van der Waals surface area (Å²) in [5.74, 6) is -0.375. The molecule has 4 rings (SSSR count). The second-order valence-corrected chi connectivity index (χ2v) is 12.7. The van der Waals surface area contributed by atoms with Crippen LogP contribution in [0.25, 0.3) is 0 Å². The van der Waals surface area contributed by atoms with Gasteiger partial charge < -0.3 is 0 Å². The lowest BCUT2D eigenvalue weighted by Crippen LogP contribution is -2.29. The van der Waals surface area contributed by atoms with Crippen molar-refractivity contribution in [2.45, 2.75) is 64.5 Å². The summed E-state index contributed by atoms with van der Waals surface area (Å²) >= 11 is 0. The molecule has 7 heteroatoms. The highest BCUT2D eigenvalue weighted by molar-refractivity contribution is 7.91. The molecule has 2 aromatic carbocycles. The van der Waals surface area contributed by atoms with Gasteiger partial charge in [-0.25, -0.2) is 13.3 Å². The number of anilines is 1. The summed E-state index contributed by atoms with van der Waals surface area (Å²) in [6.07, 6.45) is 3.96. The van der Waals surface area contributed by atoms with E-state index in [9.17, 15) is 22.8 Å². The lowest BCUT2D eigenvalue weighted by Gasteiger charge is -2.28. The van der Waals surface area contributed by atoms with Crippen LogP contribution in [0.5, 0.6) is 0 Å². The maximum Gasteiger partial charge on any atom is 0.266 e. The van der Waals surface area contributed by atoms with Gasteiger partial charge in [-0.15, -0.1) is 0 Å². The zero-order valence-corrected chi connectivity index (χ0v) is 21.4. The minimum atomic E-state index is -3.08. The Bertz CT molecular complexity index is 1240. The Labute approximate surface area is 207 Å². The molecule has 6 nitrogen and oxygen atoms in total. The Balaban J connectivity index is 1.40. The van der Waals surface area contributed by atoms with Crippen molar-refractivity contribution in [3.8, 4) is 0 Å². The normalized spacial score (nSPS) is 20.4. The highest BCUT2D eigenvalue weighted by Gasteiger charge is 2.37. The number of fused-ring (bicyclic) bond motifs is 1. The van der Waals surface area contributed by atoms with Crippen LogP contribution in [0, 0.1) is 11.8 Å². The predicted octanol–water partition coefficient (Wildman–Crippen LogP) is 4.79. The summed E-state index contributed by atoms with van der Waals surface area (Å²) in [4.78, 5) is 40.2. The van der Waals surface area contributed by atoms with E-state index in [2.05, 4.69) is 0 Å². The fraction of sp³-hybridized carbons (Fsp3) is 0.464. The number of amides is 2. The number of carbonyl (C=O) groups excluding carboxylic acids is 3. The van der Waals surface area contributed by atoms with E-state index in [0.717, 1.165) is 30.4 Å². The summed E-state index contributed by atoms with van der Waals surface area (Å²) in [6, 6.07) is 12.5. The van der Waals surface area contributed by atoms with E-state index < -0.39 is 9.84 Å². The number of rotatable bonds is 8.